The van der Waals surface area contributed by atoms with Gasteiger partial charge in [-0.05, 0) is 0 Å². The van der Waals surface area contributed by atoms with E-state index < -0.39 is 7.91 Å². The van der Waals surface area contributed by atoms with E-state index in [2.05, 4.69) is 13.8 Å². The molecule has 0 aliphatic carbocycles. The van der Waals surface area contributed by atoms with Crippen molar-refractivity contribution < 1.29 is 77.7 Å². The molecule has 0 amide bonds. The van der Waals surface area contributed by atoms with E-state index in [4.69, 9.17) is 14.4 Å². The molecule has 0 aromatic rings. The standard InChI is InChI=1S/C6H14.FH2O3P.2Na/c1-3-5-6-4-2;1-5(2,3)4;;/h3-6H2,1-2H3;(H2,2,3,4);;/q;;2*+1/p-2. The van der Waals surface area contributed by atoms with Gasteiger partial charge in [-0.25, -0.2) is 4.20 Å². The van der Waals surface area contributed by atoms with Gasteiger partial charge in [-0.2, -0.15) is 0 Å². The van der Waals surface area contributed by atoms with Crippen LogP contribution in [-0.2, 0) is 4.57 Å². The molecule has 0 spiro atoms. The van der Waals surface area contributed by atoms with Crippen molar-refractivity contribution >= 4 is 7.91 Å². The Labute approximate surface area is 124 Å². The van der Waals surface area contributed by atoms with Crippen molar-refractivity contribution in [1.82, 2.24) is 0 Å². The monoisotopic (exact) mass is 230 g/mol. The Morgan fingerprint density at radius 3 is 1.31 bits per heavy atom. The fourth-order valence-corrected chi connectivity index (χ4v) is 0.500. The molecule has 0 aliphatic heterocycles. The van der Waals surface area contributed by atoms with Crippen LogP contribution in [-0.4, -0.2) is 0 Å². The molecule has 7 heteroatoms. The second-order valence-corrected chi connectivity index (χ2v) is 3.00. The second kappa shape index (κ2) is 16.5. The number of hydrogen-bond donors (Lipinski definition) is 0. The van der Waals surface area contributed by atoms with Crippen molar-refractivity contribution in [2.24, 2.45) is 0 Å². The van der Waals surface area contributed by atoms with Gasteiger partial charge in [0.05, 0.1) is 0 Å². The largest absolute Gasteiger partial charge is 1.00 e. The Kier molecular flexibility index (Phi) is 30.9. The van der Waals surface area contributed by atoms with Gasteiger partial charge in [0.2, 0.25) is 0 Å². The molecule has 0 aromatic carbocycles. The molecule has 0 bridgehead atoms. The van der Waals surface area contributed by atoms with Gasteiger partial charge < -0.3 is 14.4 Å². The molecule has 0 N–H and O–H groups in total. The minimum atomic E-state index is -5.64. The minimum Gasteiger partial charge on any atom is -0.786 e. The quantitative estimate of drug-likeness (QED) is 0.278. The molecule has 0 aromatic heterocycles. The SMILES string of the molecule is CCCCCC.O=P([O-])([O-])F.[Na+].[Na+]. The Hall–Kier alpha value is 2.08. The Morgan fingerprint density at radius 1 is 1.08 bits per heavy atom. The fraction of sp³-hybridized carbons (Fsp3) is 1.00. The predicted molar refractivity (Wildman–Crippen MR) is 38.5 cm³/mol. The van der Waals surface area contributed by atoms with Crippen LogP contribution >= 0.6 is 7.91 Å². The molecule has 0 saturated heterocycles. The van der Waals surface area contributed by atoms with Crippen molar-refractivity contribution in [2.45, 2.75) is 39.5 Å². The first-order valence-electron chi connectivity index (χ1n) is 3.63. The minimum absolute atomic E-state index is 0. The topological polar surface area (TPSA) is 63.2 Å². The van der Waals surface area contributed by atoms with E-state index in [9.17, 15) is 4.20 Å². The molecule has 0 saturated carbocycles. The van der Waals surface area contributed by atoms with Crippen LogP contribution in [0.1, 0.15) is 39.5 Å². The number of unbranched alkanes of at least 4 members (excludes halogenated alkanes) is 3. The van der Waals surface area contributed by atoms with Crippen LogP contribution in [0.3, 0.4) is 0 Å². The average molecular weight is 230 g/mol. The van der Waals surface area contributed by atoms with E-state index in [1.807, 2.05) is 0 Å². The van der Waals surface area contributed by atoms with E-state index in [1.165, 1.54) is 25.7 Å². The van der Waals surface area contributed by atoms with Crippen LogP contribution in [0.25, 0.3) is 0 Å². The molecule has 0 rings (SSSR count). The van der Waals surface area contributed by atoms with E-state index in [1.54, 1.807) is 0 Å². The molecule has 0 heterocycles. The van der Waals surface area contributed by atoms with Crippen LogP contribution in [0.2, 0.25) is 0 Å². The van der Waals surface area contributed by atoms with Gasteiger partial charge in [-0.15, -0.1) is 0 Å². The van der Waals surface area contributed by atoms with Crippen LogP contribution in [0.4, 0.5) is 4.20 Å². The normalized spacial score (nSPS) is 8.69. The molecule has 0 aliphatic rings. The van der Waals surface area contributed by atoms with Crippen LogP contribution in [0.5, 0.6) is 0 Å². The maximum Gasteiger partial charge on any atom is 1.00 e. The van der Waals surface area contributed by atoms with Crippen molar-refractivity contribution in [2.75, 3.05) is 0 Å². The summed E-state index contributed by atoms with van der Waals surface area (Å²) in [6.45, 7) is 4.46. The summed E-state index contributed by atoms with van der Waals surface area (Å²) >= 11 is 0. The van der Waals surface area contributed by atoms with Gasteiger partial charge in [0.25, 0.3) is 0 Å². The van der Waals surface area contributed by atoms with Gasteiger partial charge in [0.15, 0.2) is 0 Å². The van der Waals surface area contributed by atoms with E-state index >= 15 is 0 Å². The summed E-state index contributed by atoms with van der Waals surface area (Å²) in [5.74, 6) is 0. The Bertz CT molecular complexity index is 108. The first kappa shape index (κ1) is 24.4. The summed E-state index contributed by atoms with van der Waals surface area (Å²) in [7, 11) is -5.64. The molecule has 3 nitrogen and oxygen atoms in total. The summed E-state index contributed by atoms with van der Waals surface area (Å²) in [5, 5.41) is 0. The molecule has 0 radical (unpaired) electrons. The zero-order chi connectivity index (χ0) is 9.33. The molecule has 13 heavy (non-hydrogen) atoms. The number of hydrogen-bond acceptors (Lipinski definition) is 3. The summed E-state index contributed by atoms with van der Waals surface area (Å²) < 4.78 is 18.6. The molecular weight excluding hydrogens is 216 g/mol. The molecule has 70 valence electrons. The molecule has 0 unspecified atom stereocenters. The predicted octanol–water partition coefficient (Wildman–Crippen LogP) is -4.62. The van der Waals surface area contributed by atoms with Crippen molar-refractivity contribution in [3.05, 3.63) is 0 Å². The van der Waals surface area contributed by atoms with Crippen LogP contribution in [0.15, 0.2) is 0 Å². The van der Waals surface area contributed by atoms with E-state index in [-0.39, 0.29) is 59.1 Å². The maximum atomic E-state index is 10.1. The van der Waals surface area contributed by atoms with Gasteiger partial charge in [-0.1, -0.05) is 39.5 Å². The van der Waals surface area contributed by atoms with Crippen LogP contribution < -0.4 is 68.9 Å². The van der Waals surface area contributed by atoms with Gasteiger partial charge in [0.1, 0.15) is 7.91 Å². The van der Waals surface area contributed by atoms with E-state index in [0.29, 0.717) is 0 Å². The van der Waals surface area contributed by atoms with Gasteiger partial charge in [0, 0.05) is 0 Å². The van der Waals surface area contributed by atoms with E-state index in [0.717, 1.165) is 0 Å². The summed E-state index contributed by atoms with van der Waals surface area (Å²) in [6, 6.07) is 0. The summed E-state index contributed by atoms with van der Waals surface area (Å²) in [5.41, 5.74) is 0. The maximum absolute atomic E-state index is 10.1. The zero-order valence-corrected chi connectivity index (χ0v) is 13.8. The number of rotatable bonds is 3. The third kappa shape index (κ3) is 79.6. The Morgan fingerprint density at radius 2 is 1.23 bits per heavy atom. The zero-order valence-electron chi connectivity index (χ0n) is 8.88. The Balaban J connectivity index is -0.0000000546. The third-order valence-electron chi connectivity index (χ3n) is 0.957. The second-order valence-electron chi connectivity index (χ2n) is 2.14. The summed E-state index contributed by atoms with van der Waals surface area (Å²) in [6.07, 6.45) is 5.54. The fourth-order valence-electron chi connectivity index (χ4n) is 0.500. The first-order valence-corrected chi connectivity index (χ1v) is 5.06. The molecule has 0 atom stereocenters. The smallest absolute Gasteiger partial charge is 0.786 e. The average Bonchev–Trinajstić information content (AvgIpc) is 1.79. The number of halogens is 1. The van der Waals surface area contributed by atoms with Gasteiger partial charge in [-0.3, -0.25) is 0 Å². The van der Waals surface area contributed by atoms with Crippen molar-refractivity contribution in [1.29, 1.82) is 0 Å². The third-order valence-corrected chi connectivity index (χ3v) is 0.957. The molecule has 0 fully saturated rings. The van der Waals surface area contributed by atoms with Crippen molar-refractivity contribution in [3.8, 4) is 0 Å². The first-order chi connectivity index (χ1) is 4.91. The van der Waals surface area contributed by atoms with Crippen LogP contribution in [0, 0.1) is 0 Å². The summed E-state index contributed by atoms with van der Waals surface area (Å²) in [4.78, 5) is 16.9. The molecular formula is C6H14FNa2O3P. The van der Waals surface area contributed by atoms with Crippen molar-refractivity contribution in [3.63, 3.8) is 0 Å². The van der Waals surface area contributed by atoms with Gasteiger partial charge >= 0.3 is 59.1 Å².